The maximum atomic E-state index is 13.4. The van der Waals surface area contributed by atoms with Crippen molar-refractivity contribution in [3.05, 3.63) is 71.8 Å². The molecule has 0 aliphatic carbocycles. The highest BCUT2D eigenvalue weighted by Gasteiger charge is 2.32. The molecule has 0 bridgehead atoms. The molecular weight excluding hydrogens is 382 g/mol. The van der Waals surface area contributed by atoms with Crippen LogP contribution >= 0.6 is 0 Å². The highest BCUT2D eigenvalue weighted by atomic mass is 16.2. The van der Waals surface area contributed by atoms with Crippen LogP contribution in [0.4, 0.5) is 0 Å². The molecule has 2 rings (SSSR count). The van der Waals surface area contributed by atoms with E-state index in [-0.39, 0.29) is 22.9 Å². The highest BCUT2D eigenvalue weighted by molar-refractivity contribution is 5.83. The molecule has 2 aromatic carbocycles. The van der Waals surface area contributed by atoms with Crippen LogP contribution in [0.2, 0.25) is 0 Å². The average molecular weight is 422 g/mol. The van der Waals surface area contributed by atoms with Crippen molar-refractivity contribution in [2.24, 2.45) is 10.4 Å². The summed E-state index contributed by atoms with van der Waals surface area (Å²) in [4.78, 5) is 20.1. The molecule has 0 saturated carbocycles. The summed E-state index contributed by atoms with van der Waals surface area (Å²) >= 11 is 0. The summed E-state index contributed by atoms with van der Waals surface area (Å²) in [5, 5.41) is 3.31. The van der Waals surface area contributed by atoms with Crippen molar-refractivity contribution in [2.45, 2.75) is 59.0 Å². The molecule has 0 aromatic heterocycles. The van der Waals surface area contributed by atoms with E-state index in [9.17, 15) is 4.79 Å². The first-order valence-electron chi connectivity index (χ1n) is 11.2. The number of amides is 1. The third-order valence-electron chi connectivity index (χ3n) is 5.08. The summed E-state index contributed by atoms with van der Waals surface area (Å²) in [6.07, 6.45) is 3.71. The predicted octanol–water partition coefficient (Wildman–Crippen LogP) is 5.50. The van der Waals surface area contributed by atoms with Gasteiger partial charge in [0.1, 0.15) is 6.04 Å². The Bertz CT molecular complexity index is 823. The molecule has 0 aliphatic rings. The SMILES string of the molecule is CN(CCCN=Cc1ccccc1)C(C(=O)NC(C)(C)CC(C)(C)C)c1ccccc1. The van der Waals surface area contributed by atoms with Gasteiger partial charge >= 0.3 is 0 Å². The quantitative estimate of drug-likeness (QED) is 0.407. The number of carbonyl (C=O) groups excluding carboxylic acids is 1. The number of rotatable bonds is 10. The Morgan fingerprint density at radius 3 is 2.16 bits per heavy atom. The van der Waals surface area contributed by atoms with Gasteiger partial charge in [0.25, 0.3) is 0 Å². The van der Waals surface area contributed by atoms with E-state index in [4.69, 9.17) is 0 Å². The minimum atomic E-state index is -0.321. The van der Waals surface area contributed by atoms with Crippen LogP contribution in [0.3, 0.4) is 0 Å². The van der Waals surface area contributed by atoms with E-state index in [0.29, 0.717) is 0 Å². The third kappa shape index (κ3) is 9.06. The van der Waals surface area contributed by atoms with Gasteiger partial charge in [-0.05, 0) is 50.3 Å². The van der Waals surface area contributed by atoms with Crippen molar-refractivity contribution >= 4 is 12.1 Å². The molecule has 168 valence electrons. The Labute approximate surface area is 188 Å². The van der Waals surface area contributed by atoms with E-state index in [1.54, 1.807) is 0 Å². The lowest BCUT2D eigenvalue weighted by Gasteiger charge is -2.36. The first kappa shape index (κ1) is 24.8. The Morgan fingerprint density at radius 1 is 1.00 bits per heavy atom. The number of nitrogens with one attached hydrogen (secondary N) is 1. The molecule has 2 aromatic rings. The van der Waals surface area contributed by atoms with Crippen molar-refractivity contribution in [2.75, 3.05) is 20.1 Å². The van der Waals surface area contributed by atoms with E-state index in [2.05, 4.69) is 49.8 Å². The van der Waals surface area contributed by atoms with Gasteiger partial charge in [-0.1, -0.05) is 81.4 Å². The summed E-state index contributed by atoms with van der Waals surface area (Å²) in [5.41, 5.74) is 1.99. The van der Waals surface area contributed by atoms with Crippen LogP contribution in [0.5, 0.6) is 0 Å². The fraction of sp³-hybridized carbons (Fsp3) is 0.481. The minimum absolute atomic E-state index is 0.0516. The van der Waals surface area contributed by atoms with Crippen molar-refractivity contribution in [1.29, 1.82) is 0 Å². The number of likely N-dealkylation sites (N-methyl/N-ethyl adjacent to an activating group) is 1. The van der Waals surface area contributed by atoms with Gasteiger partial charge in [0.05, 0.1) is 0 Å². The second-order valence-electron chi connectivity index (χ2n) is 10.2. The number of nitrogens with zero attached hydrogens (tertiary/aromatic N) is 2. The summed E-state index contributed by atoms with van der Waals surface area (Å²) in [7, 11) is 2.02. The van der Waals surface area contributed by atoms with Crippen molar-refractivity contribution in [3.63, 3.8) is 0 Å². The molecule has 1 unspecified atom stereocenters. The van der Waals surface area contributed by atoms with E-state index >= 15 is 0 Å². The zero-order valence-electron chi connectivity index (χ0n) is 20.1. The van der Waals surface area contributed by atoms with E-state index in [1.165, 1.54) is 0 Å². The molecule has 0 heterocycles. The zero-order chi connectivity index (χ0) is 22.9. The van der Waals surface area contributed by atoms with Crippen molar-refractivity contribution in [1.82, 2.24) is 10.2 Å². The third-order valence-corrected chi connectivity index (χ3v) is 5.08. The largest absolute Gasteiger partial charge is 0.350 e. The lowest BCUT2D eigenvalue weighted by atomic mass is 9.81. The molecule has 0 saturated heterocycles. The smallest absolute Gasteiger partial charge is 0.242 e. The molecule has 1 N–H and O–H groups in total. The zero-order valence-corrected chi connectivity index (χ0v) is 20.1. The molecule has 0 spiro atoms. The van der Waals surface area contributed by atoms with Crippen LogP contribution in [0, 0.1) is 5.41 Å². The van der Waals surface area contributed by atoms with Gasteiger partial charge in [-0.3, -0.25) is 14.7 Å². The topological polar surface area (TPSA) is 44.7 Å². The molecule has 0 fully saturated rings. The monoisotopic (exact) mass is 421 g/mol. The molecule has 0 radical (unpaired) electrons. The van der Waals surface area contributed by atoms with Crippen LogP contribution in [0.15, 0.2) is 65.7 Å². The average Bonchev–Trinajstić information content (AvgIpc) is 2.67. The van der Waals surface area contributed by atoms with Crippen LogP contribution in [0.25, 0.3) is 0 Å². The Hall–Kier alpha value is -2.46. The molecule has 4 nitrogen and oxygen atoms in total. The van der Waals surface area contributed by atoms with Gasteiger partial charge in [-0.2, -0.15) is 0 Å². The Balaban J connectivity index is 2.02. The maximum absolute atomic E-state index is 13.4. The second-order valence-corrected chi connectivity index (χ2v) is 10.2. The van der Waals surface area contributed by atoms with Gasteiger partial charge in [0.2, 0.25) is 5.91 Å². The Morgan fingerprint density at radius 2 is 1.58 bits per heavy atom. The van der Waals surface area contributed by atoms with Gasteiger partial charge in [0.15, 0.2) is 0 Å². The van der Waals surface area contributed by atoms with Crippen LogP contribution < -0.4 is 5.32 Å². The standard InChI is InChI=1S/C27H39N3O/c1-26(2,3)21-27(4,5)29-25(31)24(23-16-11-8-12-17-23)30(6)19-13-18-28-20-22-14-9-7-10-15-22/h7-12,14-17,20,24H,13,18-19,21H2,1-6H3,(H,29,31). The molecule has 1 amide bonds. The fourth-order valence-corrected chi connectivity index (χ4v) is 4.26. The van der Waals surface area contributed by atoms with Gasteiger partial charge in [-0.25, -0.2) is 0 Å². The number of hydrogen-bond donors (Lipinski definition) is 1. The van der Waals surface area contributed by atoms with E-state index in [1.807, 2.05) is 73.9 Å². The predicted molar refractivity (Wildman–Crippen MR) is 132 cm³/mol. The van der Waals surface area contributed by atoms with Gasteiger partial charge in [-0.15, -0.1) is 0 Å². The maximum Gasteiger partial charge on any atom is 0.242 e. The first-order chi connectivity index (χ1) is 14.6. The summed E-state index contributed by atoms with van der Waals surface area (Å²) < 4.78 is 0. The van der Waals surface area contributed by atoms with E-state index in [0.717, 1.165) is 37.1 Å². The summed E-state index contributed by atoms with van der Waals surface area (Å²) in [5.74, 6) is 0.0516. The molecular formula is C27H39N3O. The van der Waals surface area contributed by atoms with Gasteiger partial charge < -0.3 is 5.32 Å². The lowest BCUT2D eigenvalue weighted by Crippen LogP contribution is -2.50. The fourth-order valence-electron chi connectivity index (χ4n) is 4.26. The molecule has 0 aliphatic heterocycles. The molecule has 4 heteroatoms. The summed E-state index contributed by atoms with van der Waals surface area (Å²) in [6.45, 7) is 12.4. The number of benzene rings is 2. The lowest BCUT2D eigenvalue weighted by molar-refractivity contribution is -0.128. The van der Waals surface area contributed by atoms with E-state index < -0.39 is 0 Å². The normalized spacial score (nSPS) is 13.5. The molecule has 1 atom stereocenters. The van der Waals surface area contributed by atoms with Crippen LogP contribution in [-0.4, -0.2) is 42.7 Å². The van der Waals surface area contributed by atoms with Crippen molar-refractivity contribution in [3.8, 4) is 0 Å². The number of hydrogen-bond acceptors (Lipinski definition) is 3. The van der Waals surface area contributed by atoms with Crippen molar-refractivity contribution < 1.29 is 4.79 Å². The number of carbonyl (C=O) groups is 1. The van der Waals surface area contributed by atoms with Crippen LogP contribution in [0.1, 0.15) is 64.6 Å². The Kier molecular flexibility index (Phi) is 9.00. The minimum Gasteiger partial charge on any atom is -0.350 e. The van der Waals surface area contributed by atoms with Gasteiger partial charge in [0, 0.05) is 24.8 Å². The summed E-state index contributed by atoms with van der Waals surface area (Å²) in [6, 6.07) is 19.8. The van der Waals surface area contributed by atoms with Crippen LogP contribution in [-0.2, 0) is 4.79 Å². The first-order valence-corrected chi connectivity index (χ1v) is 11.2. The highest BCUT2D eigenvalue weighted by Crippen LogP contribution is 2.28. The second kappa shape index (κ2) is 11.2. The number of aliphatic imine (C=N–C) groups is 1. The molecule has 31 heavy (non-hydrogen) atoms.